The fourth-order valence-corrected chi connectivity index (χ4v) is 4.04. The Morgan fingerprint density at radius 2 is 1.87 bits per heavy atom. The fraction of sp³-hybridized carbons (Fsp3) is 0.190. The van der Waals surface area contributed by atoms with Crippen LogP contribution in [0.1, 0.15) is 30.0 Å². The number of ether oxygens (including phenoxy) is 1. The second-order valence-corrected chi connectivity index (χ2v) is 9.32. The Kier molecular flexibility index (Phi) is 6.96. The summed E-state index contributed by atoms with van der Waals surface area (Å²) >= 11 is 3.40. The van der Waals surface area contributed by atoms with E-state index in [9.17, 15) is 13.2 Å². The van der Waals surface area contributed by atoms with Crippen molar-refractivity contribution in [3.05, 3.63) is 76.7 Å². The van der Waals surface area contributed by atoms with Gasteiger partial charge in [-0.3, -0.25) is 4.79 Å². The summed E-state index contributed by atoms with van der Waals surface area (Å²) in [4.78, 5) is 12.6. The molecule has 1 aromatic heterocycles. The smallest absolute Gasteiger partial charge is 0.255 e. The summed E-state index contributed by atoms with van der Waals surface area (Å²) < 4.78 is 38.6. The molecule has 2 aromatic carbocycles. The molecule has 0 unspecified atom stereocenters. The number of rotatable bonds is 8. The van der Waals surface area contributed by atoms with Crippen LogP contribution in [-0.4, -0.2) is 20.4 Å². The Hall–Kier alpha value is -2.62. The van der Waals surface area contributed by atoms with Gasteiger partial charge >= 0.3 is 0 Å². The van der Waals surface area contributed by atoms with Crippen LogP contribution in [0.15, 0.2) is 74.6 Å². The zero-order chi connectivity index (χ0) is 21.7. The van der Waals surface area contributed by atoms with Gasteiger partial charge in [-0.2, -0.15) is 0 Å². The van der Waals surface area contributed by atoms with Crippen LogP contribution in [0.25, 0.3) is 0 Å². The van der Waals surface area contributed by atoms with Gasteiger partial charge in [0.2, 0.25) is 10.0 Å². The van der Waals surface area contributed by atoms with E-state index in [0.717, 1.165) is 0 Å². The number of carbonyl (C=O) groups excluding carboxylic acids is 1. The zero-order valence-corrected chi connectivity index (χ0v) is 18.8. The molecule has 0 bridgehead atoms. The number of anilines is 1. The number of carbonyl (C=O) groups is 1. The summed E-state index contributed by atoms with van der Waals surface area (Å²) in [5.74, 6) is 0.843. The third kappa shape index (κ3) is 5.71. The molecule has 0 spiro atoms. The Bertz CT molecular complexity index is 1110. The van der Waals surface area contributed by atoms with E-state index < -0.39 is 10.0 Å². The number of nitrogens with one attached hydrogen (secondary N) is 2. The summed E-state index contributed by atoms with van der Waals surface area (Å²) in [5.41, 5.74) is 0.915. The predicted octanol–water partition coefficient (Wildman–Crippen LogP) is 4.56. The van der Waals surface area contributed by atoms with E-state index >= 15 is 0 Å². The van der Waals surface area contributed by atoms with Crippen LogP contribution in [0.3, 0.4) is 0 Å². The van der Waals surface area contributed by atoms with Crippen molar-refractivity contribution < 1.29 is 22.4 Å². The van der Waals surface area contributed by atoms with Gasteiger partial charge in [0.25, 0.3) is 5.91 Å². The summed E-state index contributed by atoms with van der Waals surface area (Å²) in [7, 11) is -3.70. The molecule has 0 aliphatic rings. The van der Waals surface area contributed by atoms with Crippen LogP contribution in [0, 0.1) is 0 Å². The Morgan fingerprint density at radius 3 is 2.47 bits per heavy atom. The van der Waals surface area contributed by atoms with Gasteiger partial charge in [0.15, 0.2) is 0 Å². The van der Waals surface area contributed by atoms with Crippen LogP contribution < -0.4 is 14.8 Å². The third-order valence-corrected chi connectivity index (χ3v) is 6.03. The number of halogens is 1. The quantitative estimate of drug-likeness (QED) is 0.480. The molecular formula is C21H21BrN2O5S. The monoisotopic (exact) mass is 492 g/mol. The summed E-state index contributed by atoms with van der Waals surface area (Å²) in [6.45, 7) is 3.89. The molecule has 0 atom stereocenters. The van der Waals surface area contributed by atoms with Gasteiger partial charge in [-0.1, -0.05) is 0 Å². The fourth-order valence-electron chi connectivity index (χ4n) is 2.57. The highest BCUT2D eigenvalue weighted by Crippen LogP contribution is 2.27. The molecule has 0 saturated carbocycles. The van der Waals surface area contributed by atoms with Crippen molar-refractivity contribution in [2.75, 3.05) is 5.32 Å². The predicted molar refractivity (Wildman–Crippen MR) is 117 cm³/mol. The second kappa shape index (κ2) is 9.46. The van der Waals surface area contributed by atoms with Crippen LogP contribution in [-0.2, 0) is 16.6 Å². The number of benzene rings is 2. The van der Waals surface area contributed by atoms with Crippen LogP contribution in [0.5, 0.6) is 5.75 Å². The van der Waals surface area contributed by atoms with Crippen LogP contribution >= 0.6 is 15.9 Å². The Labute approximate surface area is 183 Å². The molecular weight excluding hydrogens is 472 g/mol. The molecule has 0 radical (unpaired) electrons. The van der Waals surface area contributed by atoms with Crippen molar-refractivity contribution in [3.8, 4) is 5.75 Å². The van der Waals surface area contributed by atoms with E-state index in [2.05, 4.69) is 26.0 Å². The topological polar surface area (TPSA) is 97.6 Å². The first-order chi connectivity index (χ1) is 14.2. The first-order valence-electron chi connectivity index (χ1n) is 9.14. The number of hydrogen-bond acceptors (Lipinski definition) is 5. The molecule has 0 saturated heterocycles. The van der Waals surface area contributed by atoms with Gasteiger partial charge < -0.3 is 14.5 Å². The Balaban J connectivity index is 1.65. The summed E-state index contributed by atoms with van der Waals surface area (Å²) in [5, 5.41) is 2.75. The van der Waals surface area contributed by atoms with Gasteiger partial charge in [-0.25, -0.2) is 13.1 Å². The lowest BCUT2D eigenvalue weighted by molar-refractivity contribution is 0.102. The van der Waals surface area contributed by atoms with E-state index in [1.807, 2.05) is 13.8 Å². The third-order valence-electron chi connectivity index (χ3n) is 4.00. The maximum absolute atomic E-state index is 12.5. The standard InChI is InChI=1S/C21H21BrN2O5S/c1-14(2)29-20-10-5-15(12-19(20)22)21(25)24-16-6-8-18(9-7-16)30(26,27)23-13-17-4-3-11-28-17/h3-12,14,23H,13H2,1-2H3,(H,24,25). The molecule has 30 heavy (non-hydrogen) atoms. The van der Waals surface area contributed by atoms with Crippen molar-refractivity contribution in [2.24, 2.45) is 0 Å². The number of furan rings is 1. The van der Waals surface area contributed by atoms with Gasteiger partial charge in [0.05, 0.1) is 28.3 Å². The highest BCUT2D eigenvalue weighted by molar-refractivity contribution is 9.10. The van der Waals surface area contributed by atoms with Gasteiger partial charge in [0.1, 0.15) is 11.5 Å². The average Bonchev–Trinajstić information content (AvgIpc) is 3.22. The Morgan fingerprint density at radius 1 is 1.13 bits per heavy atom. The summed E-state index contributed by atoms with van der Waals surface area (Å²) in [6.07, 6.45) is 1.49. The molecule has 2 N–H and O–H groups in total. The highest BCUT2D eigenvalue weighted by atomic mass is 79.9. The van der Waals surface area contributed by atoms with Gasteiger partial charge in [0, 0.05) is 11.3 Å². The minimum Gasteiger partial charge on any atom is -0.490 e. The minimum absolute atomic E-state index is 0.0179. The molecule has 0 fully saturated rings. The molecule has 7 nitrogen and oxygen atoms in total. The van der Waals surface area contributed by atoms with E-state index in [-0.39, 0.29) is 23.5 Å². The first kappa shape index (κ1) is 22.1. The number of hydrogen-bond donors (Lipinski definition) is 2. The highest BCUT2D eigenvalue weighted by Gasteiger charge is 2.15. The summed E-state index contributed by atoms with van der Waals surface area (Å²) in [6, 6.07) is 14.3. The molecule has 1 amide bonds. The van der Waals surface area contributed by atoms with E-state index in [1.165, 1.54) is 30.5 Å². The van der Waals surface area contributed by atoms with Crippen molar-refractivity contribution in [2.45, 2.75) is 31.4 Å². The second-order valence-electron chi connectivity index (χ2n) is 6.69. The SMILES string of the molecule is CC(C)Oc1ccc(C(=O)Nc2ccc(S(=O)(=O)NCc3ccco3)cc2)cc1Br. The number of sulfonamides is 1. The van der Waals surface area contributed by atoms with Crippen LogP contribution in [0.4, 0.5) is 5.69 Å². The van der Waals surface area contributed by atoms with Crippen molar-refractivity contribution >= 4 is 37.5 Å². The lowest BCUT2D eigenvalue weighted by atomic mass is 10.2. The number of amides is 1. The largest absolute Gasteiger partial charge is 0.490 e. The van der Waals surface area contributed by atoms with E-state index in [0.29, 0.717) is 27.2 Å². The van der Waals surface area contributed by atoms with Gasteiger partial charge in [-0.15, -0.1) is 0 Å². The molecule has 1 heterocycles. The van der Waals surface area contributed by atoms with E-state index in [4.69, 9.17) is 9.15 Å². The van der Waals surface area contributed by atoms with Crippen molar-refractivity contribution in [1.82, 2.24) is 4.72 Å². The zero-order valence-electron chi connectivity index (χ0n) is 16.4. The minimum atomic E-state index is -3.70. The maximum Gasteiger partial charge on any atom is 0.255 e. The maximum atomic E-state index is 12.5. The molecule has 158 valence electrons. The van der Waals surface area contributed by atoms with Crippen LogP contribution in [0.2, 0.25) is 0 Å². The lowest BCUT2D eigenvalue weighted by Gasteiger charge is -2.12. The average molecular weight is 493 g/mol. The van der Waals surface area contributed by atoms with Gasteiger partial charge in [-0.05, 0) is 84.4 Å². The first-order valence-corrected chi connectivity index (χ1v) is 11.4. The molecule has 0 aliphatic heterocycles. The normalized spacial score (nSPS) is 11.5. The van der Waals surface area contributed by atoms with Crippen molar-refractivity contribution in [3.63, 3.8) is 0 Å². The van der Waals surface area contributed by atoms with Crippen molar-refractivity contribution in [1.29, 1.82) is 0 Å². The molecule has 3 aromatic rings. The lowest BCUT2D eigenvalue weighted by Crippen LogP contribution is -2.23. The molecule has 9 heteroatoms. The van der Waals surface area contributed by atoms with E-state index in [1.54, 1.807) is 30.3 Å². The molecule has 0 aliphatic carbocycles. The molecule has 3 rings (SSSR count).